The van der Waals surface area contributed by atoms with E-state index in [4.69, 9.17) is 0 Å². The molecule has 0 aliphatic carbocycles. The van der Waals surface area contributed by atoms with Gasteiger partial charge in [0.05, 0.1) is 0 Å². The summed E-state index contributed by atoms with van der Waals surface area (Å²) < 4.78 is 1.62. The van der Waals surface area contributed by atoms with Crippen molar-refractivity contribution < 1.29 is 0 Å². The second-order valence-electron chi connectivity index (χ2n) is 8.78. The SMILES string of the molecule is CCCC/C(I)=C(CCCC)/C(CCCC)=C(/CCCC)c1cccc2ccccc12. The molecule has 2 aromatic carbocycles. The zero-order valence-corrected chi connectivity index (χ0v) is 22.6. The highest BCUT2D eigenvalue weighted by atomic mass is 127. The van der Waals surface area contributed by atoms with Crippen molar-refractivity contribution in [3.05, 3.63) is 62.8 Å². The zero-order valence-electron chi connectivity index (χ0n) is 20.4. The largest absolute Gasteiger partial charge is 0.0654 e. The van der Waals surface area contributed by atoms with Crippen LogP contribution in [0.2, 0.25) is 0 Å². The van der Waals surface area contributed by atoms with E-state index in [1.54, 1.807) is 20.3 Å². The zero-order chi connectivity index (χ0) is 22.5. The molecule has 2 rings (SSSR count). The Morgan fingerprint density at radius 3 is 1.84 bits per heavy atom. The number of halogens is 1. The van der Waals surface area contributed by atoms with E-state index in [0.717, 1.165) is 0 Å². The lowest BCUT2D eigenvalue weighted by Gasteiger charge is -2.22. The quantitative estimate of drug-likeness (QED) is 0.168. The topological polar surface area (TPSA) is 0 Å². The smallest absolute Gasteiger partial charge is 0.00592 e. The maximum absolute atomic E-state index is 2.69. The summed E-state index contributed by atoms with van der Waals surface area (Å²) >= 11 is 2.69. The monoisotopic (exact) mass is 530 g/mol. The van der Waals surface area contributed by atoms with Crippen LogP contribution in [0.15, 0.2) is 57.2 Å². The van der Waals surface area contributed by atoms with Gasteiger partial charge in [-0.25, -0.2) is 0 Å². The molecule has 0 bridgehead atoms. The Balaban J connectivity index is 2.75. The molecule has 0 aromatic heterocycles. The Kier molecular flexibility index (Phi) is 12.6. The second-order valence-corrected chi connectivity index (χ2v) is 10.1. The van der Waals surface area contributed by atoms with Crippen LogP contribution in [0, 0.1) is 0 Å². The normalized spacial score (nSPS) is 13.3. The molecule has 0 amide bonds. The lowest BCUT2D eigenvalue weighted by atomic mass is 9.84. The summed E-state index contributed by atoms with van der Waals surface area (Å²) in [5.74, 6) is 0. The van der Waals surface area contributed by atoms with E-state index in [0.29, 0.717) is 0 Å². The fourth-order valence-corrected chi connectivity index (χ4v) is 5.39. The standard InChI is InChI=1S/C30H43I/c1-5-9-18-27(26-22-15-17-24-16-13-14-21-25(24)26)28(19-10-6-2)29(20-11-7-3)30(31)23-12-8-4/h13-17,21-22H,5-12,18-20,23H2,1-4H3/b28-27-,30-29-. The molecule has 31 heavy (non-hydrogen) atoms. The average molecular weight is 531 g/mol. The van der Waals surface area contributed by atoms with Gasteiger partial charge in [-0.1, -0.05) is 95.8 Å². The van der Waals surface area contributed by atoms with Crippen molar-refractivity contribution in [3.8, 4) is 0 Å². The Morgan fingerprint density at radius 1 is 0.613 bits per heavy atom. The number of allylic oxidation sites excluding steroid dienone is 4. The summed E-state index contributed by atoms with van der Waals surface area (Å²) in [7, 11) is 0. The molecule has 0 heterocycles. The summed E-state index contributed by atoms with van der Waals surface area (Å²) in [5, 5.41) is 2.78. The first kappa shape index (κ1) is 26.2. The van der Waals surface area contributed by atoms with Crippen molar-refractivity contribution in [1.29, 1.82) is 0 Å². The molecule has 0 nitrogen and oxygen atoms in total. The van der Waals surface area contributed by atoms with Gasteiger partial charge in [0.25, 0.3) is 0 Å². The fourth-order valence-electron chi connectivity index (χ4n) is 4.41. The van der Waals surface area contributed by atoms with Gasteiger partial charge < -0.3 is 0 Å². The van der Waals surface area contributed by atoms with E-state index in [1.807, 2.05) is 0 Å². The molecule has 0 aliphatic rings. The molecule has 0 spiro atoms. The van der Waals surface area contributed by atoms with Gasteiger partial charge in [0.2, 0.25) is 0 Å². The van der Waals surface area contributed by atoms with Gasteiger partial charge in [-0.05, 0) is 111 Å². The highest BCUT2D eigenvalue weighted by Crippen LogP contribution is 2.40. The van der Waals surface area contributed by atoms with E-state index in [2.05, 4.69) is 92.8 Å². The number of hydrogen-bond acceptors (Lipinski definition) is 0. The summed E-state index contributed by atoms with van der Waals surface area (Å²) in [5.41, 5.74) is 6.47. The van der Waals surface area contributed by atoms with E-state index in [1.165, 1.54) is 93.4 Å². The Morgan fingerprint density at radius 2 is 1.16 bits per heavy atom. The van der Waals surface area contributed by atoms with Crippen LogP contribution in [0.5, 0.6) is 0 Å². The van der Waals surface area contributed by atoms with Crippen LogP contribution in [-0.2, 0) is 0 Å². The fraction of sp³-hybridized carbons (Fsp3) is 0.533. The van der Waals surface area contributed by atoms with Crippen LogP contribution in [-0.4, -0.2) is 0 Å². The van der Waals surface area contributed by atoms with Crippen molar-refractivity contribution in [3.63, 3.8) is 0 Å². The molecule has 0 saturated carbocycles. The van der Waals surface area contributed by atoms with Gasteiger partial charge in [-0.15, -0.1) is 0 Å². The highest BCUT2D eigenvalue weighted by molar-refractivity contribution is 14.1. The third-order valence-corrected chi connectivity index (χ3v) is 7.45. The van der Waals surface area contributed by atoms with Crippen LogP contribution in [0.4, 0.5) is 0 Å². The summed E-state index contributed by atoms with van der Waals surface area (Å²) in [6.07, 6.45) is 15.1. The predicted octanol–water partition coefficient (Wildman–Crippen LogP) is 11.0. The van der Waals surface area contributed by atoms with Gasteiger partial charge in [-0.3, -0.25) is 0 Å². The molecule has 0 atom stereocenters. The molecule has 2 aromatic rings. The minimum absolute atomic E-state index is 1.19. The molecule has 0 N–H and O–H groups in total. The summed E-state index contributed by atoms with van der Waals surface area (Å²) in [6, 6.07) is 15.9. The van der Waals surface area contributed by atoms with Crippen LogP contribution in [0.1, 0.15) is 110 Å². The molecule has 0 radical (unpaired) electrons. The lowest BCUT2D eigenvalue weighted by molar-refractivity contribution is 0.736. The van der Waals surface area contributed by atoms with E-state index >= 15 is 0 Å². The van der Waals surface area contributed by atoms with Crippen LogP contribution in [0.25, 0.3) is 16.3 Å². The van der Waals surface area contributed by atoms with Gasteiger partial charge in [-0.2, -0.15) is 0 Å². The van der Waals surface area contributed by atoms with E-state index in [-0.39, 0.29) is 0 Å². The molecule has 0 unspecified atom stereocenters. The molecule has 1 heteroatoms. The van der Waals surface area contributed by atoms with Gasteiger partial charge >= 0.3 is 0 Å². The van der Waals surface area contributed by atoms with Gasteiger partial charge in [0, 0.05) is 0 Å². The maximum Gasteiger partial charge on any atom is -0.00592 e. The van der Waals surface area contributed by atoms with Crippen molar-refractivity contribution in [2.24, 2.45) is 0 Å². The molecular formula is C30H43I. The lowest BCUT2D eigenvalue weighted by Crippen LogP contribution is -2.01. The van der Waals surface area contributed by atoms with Crippen molar-refractivity contribution in [1.82, 2.24) is 0 Å². The number of unbranched alkanes of at least 4 members (excludes halogenated alkanes) is 4. The first-order chi connectivity index (χ1) is 15.2. The Hall–Kier alpha value is -1.09. The van der Waals surface area contributed by atoms with Crippen LogP contribution >= 0.6 is 22.6 Å². The number of fused-ring (bicyclic) bond motifs is 1. The molecule has 0 fully saturated rings. The Bertz CT molecular complexity index is 850. The van der Waals surface area contributed by atoms with Crippen LogP contribution < -0.4 is 0 Å². The molecule has 0 saturated heterocycles. The summed E-state index contributed by atoms with van der Waals surface area (Å²) in [6.45, 7) is 9.30. The van der Waals surface area contributed by atoms with Gasteiger partial charge in [0.1, 0.15) is 0 Å². The van der Waals surface area contributed by atoms with E-state index in [9.17, 15) is 0 Å². The summed E-state index contributed by atoms with van der Waals surface area (Å²) in [4.78, 5) is 0. The average Bonchev–Trinajstić information content (AvgIpc) is 2.80. The van der Waals surface area contributed by atoms with Crippen molar-refractivity contribution in [2.75, 3.05) is 0 Å². The number of benzene rings is 2. The second kappa shape index (κ2) is 14.9. The van der Waals surface area contributed by atoms with Crippen LogP contribution in [0.3, 0.4) is 0 Å². The van der Waals surface area contributed by atoms with Crippen molar-refractivity contribution in [2.45, 2.75) is 105 Å². The predicted molar refractivity (Wildman–Crippen MR) is 150 cm³/mol. The van der Waals surface area contributed by atoms with Gasteiger partial charge in [0.15, 0.2) is 0 Å². The minimum atomic E-state index is 1.19. The number of rotatable bonds is 14. The molecule has 170 valence electrons. The highest BCUT2D eigenvalue weighted by Gasteiger charge is 2.17. The van der Waals surface area contributed by atoms with Crippen molar-refractivity contribution >= 4 is 38.9 Å². The third kappa shape index (κ3) is 7.77. The van der Waals surface area contributed by atoms with E-state index < -0.39 is 0 Å². The molecule has 0 aliphatic heterocycles. The first-order valence-electron chi connectivity index (χ1n) is 12.8. The Labute approximate surface area is 205 Å². The maximum atomic E-state index is 2.69. The first-order valence-corrected chi connectivity index (χ1v) is 13.8. The molecular weight excluding hydrogens is 487 g/mol. The minimum Gasteiger partial charge on any atom is -0.0654 e. The third-order valence-electron chi connectivity index (χ3n) is 6.26. The number of hydrogen-bond donors (Lipinski definition) is 0.